The number of hydrogen-bond donors (Lipinski definition) is 1. The maximum Gasteiger partial charge on any atom is 0.149 e. The van der Waals surface area contributed by atoms with Crippen LogP contribution in [0.5, 0.6) is 5.75 Å². The van der Waals surface area contributed by atoms with Gasteiger partial charge < -0.3 is 15.4 Å². The summed E-state index contributed by atoms with van der Waals surface area (Å²) in [6.45, 7) is 0.667. The Morgan fingerprint density at radius 1 is 0.967 bits per heavy atom. The van der Waals surface area contributed by atoms with Gasteiger partial charge in [-0.05, 0) is 29.8 Å². The van der Waals surface area contributed by atoms with Crippen LogP contribution in [0.3, 0.4) is 0 Å². The zero-order valence-corrected chi connectivity index (χ0v) is 16.6. The molecule has 152 valence electrons. The number of fused-ring (bicyclic) bond motifs is 1. The first-order valence-corrected chi connectivity index (χ1v) is 9.29. The number of aromatic nitrogens is 2. The lowest BCUT2D eigenvalue weighted by atomic mass is 10.0. The largest absolute Gasteiger partial charge is 0.497 e. The summed E-state index contributed by atoms with van der Waals surface area (Å²) in [5.41, 5.74) is 8.02. The molecule has 0 amide bonds. The molecule has 0 bridgehead atoms. The topological polar surface area (TPSA) is 64.3 Å². The van der Waals surface area contributed by atoms with Gasteiger partial charge in [0.05, 0.1) is 18.3 Å². The number of rotatable bonds is 5. The van der Waals surface area contributed by atoms with Crippen molar-refractivity contribution in [2.24, 2.45) is 0 Å². The summed E-state index contributed by atoms with van der Waals surface area (Å²) in [5.74, 6) is 0.100. The van der Waals surface area contributed by atoms with Crippen molar-refractivity contribution < 1.29 is 13.5 Å². The molecule has 5 nitrogen and oxygen atoms in total. The molecule has 0 radical (unpaired) electrons. The SMILES string of the molecule is COc1ccc(CN(C)c2cc3ncc(-c4cc(N)c(F)cc4F)cc3cn2)cc1. The number of anilines is 2. The first-order chi connectivity index (χ1) is 14.4. The van der Waals surface area contributed by atoms with Gasteiger partial charge in [-0.1, -0.05) is 12.1 Å². The Morgan fingerprint density at radius 2 is 1.73 bits per heavy atom. The van der Waals surface area contributed by atoms with Crippen molar-refractivity contribution in [1.82, 2.24) is 9.97 Å². The van der Waals surface area contributed by atoms with Gasteiger partial charge in [-0.3, -0.25) is 4.98 Å². The molecule has 0 saturated carbocycles. The van der Waals surface area contributed by atoms with E-state index in [1.54, 1.807) is 25.6 Å². The number of benzene rings is 2. The van der Waals surface area contributed by atoms with Crippen LogP contribution >= 0.6 is 0 Å². The third-order valence-corrected chi connectivity index (χ3v) is 4.92. The van der Waals surface area contributed by atoms with Gasteiger partial charge in [0.1, 0.15) is 23.2 Å². The summed E-state index contributed by atoms with van der Waals surface area (Å²) >= 11 is 0. The fourth-order valence-electron chi connectivity index (χ4n) is 3.24. The van der Waals surface area contributed by atoms with Crippen molar-refractivity contribution in [3.05, 3.63) is 78.1 Å². The van der Waals surface area contributed by atoms with E-state index in [0.29, 0.717) is 12.1 Å². The van der Waals surface area contributed by atoms with E-state index in [2.05, 4.69) is 9.97 Å². The molecular formula is C23H20F2N4O. The lowest BCUT2D eigenvalue weighted by Gasteiger charge is -2.19. The summed E-state index contributed by atoms with van der Waals surface area (Å²) in [4.78, 5) is 11.0. The average molecular weight is 406 g/mol. The number of nitrogens with two attached hydrogens (primary N) is 1. The van der Waals surface area contributed by atoms with E-state index in [4.69, 9.17) is 10.5 Å². The Balaban J connectivity index is 1.60. The summed E-state index contributed by atoms with van der Waals surface area (Å²) in [7, 11) is 3.58. The number of nitrogens with zero attached hydrogens (tertiary/aromatic N) is 3. The molecule has 0 saturated heterocycles. The Morgan fingerprint density at radius 3 is 2.47 bits per heavy atom. The molecule has 0 atom stereocenters. The van der Waals surface area contributed by atoms with Crippen LogP contribution in [0.15, 0.2) is 60.9 Å². The molecule has 2 aromatic heterocycles. The quantitative estimate of drug-likeness (QED) is 0.482. The molecule has 7 heteroatoms. The van der Waals surface area contributed by atoms with Crippen LogP contribution in [0.1, 0.15) is 5.56 Å². The van der Waals surface area contributed by atoms with E-state index in [0.717, 1.165) is 34.1 Å². The van der Waals surface area contributed by atoms with Crippen LogP contribution in [-0.2, 0) is 6.54 Å². The molecule has 0 aliphatic carbocycles. The molecule has 0 aliphatic heterocycles. The van der Waals surface area contributed by atoms with Crippen molar-refractivity contribution in [1.29, 1.82) is 0 Å². The molecule has 0 spiro atoms. The average Bonchev–Trinajstić information content (AvgIpc) is 2.76. The summed E-state index contributed by atoms with van der Waals surface area (Å²) in [5, 5.41) is 0.747. The second-order valence-corrected chi connectivity index (χ2v) is 7.02. The van der Waals surface area contributed by atoms with E-state index >= 15 is 0 Å². The molecule has 2 aromatic carbocycles. The van der Waals surface area contributed by atoms with Crippen LogP contribution in [0.25, 0.3) is 22.0 Å². The molecule has 4 rings (SSSR count). The summed E-state index contributed by atoms with van der Waals surface area (Å²) < 4.78 is 32.8. The third kappa shape index (κ3) is 3.87. The van der Waals surface area contributed by atoms with Crippen molar-refractivity contribution >= 4 is 22.4 Å². The Bertz CT molecular complexity index is 1210. The Hall–Kier alpha value is -3.74. The first-order valence-electron chi connectivity index (χ1n) is 9.29. The maximum atomic E-state index is 14.2. The minimum Gasteiger partial charge on any atom is -0.497 e. The zero-order chi connectivity index (χ0) is 21.3. The third-order valence-electron chi connectivity index (χ3n) is 4.92. The Labute approximate surface area is 172 Å². The number of nitrogen functional groups attached to an aromatic ring is 1. The van der Waals surface area contributed by atoms with Crippen LogP contribution in [0.2, 0.25) is 0 Å². The van der Waals surface area contributed by atoms with E-state index in [-0.39, 0.29) is 11.3 Å². The van der Waals surface area contributed by atoms with E-state index < -0.39 is 11.6 Å². The van der Waals surface area contributed by atoms with Crippen LogP contribution < -0.4 is 15.4 Å². The van der Waals surface area contributed by atoms with Gasteiger partial charge >= 0.3 is 0 Å². The molecule has 4 aromatic rings. The molecule has 0 unspecified atom stereocenters. The van der Waals surface area contributed by atoms with Gasteiger partial charge in [0.15, 0.2) is 0 Å². The molecule has 0 fully saturated rings. The number of halogens is 2. The monoisotopic (exact) mass is 406 g/mol. The predicted octanol–water partition coefficient (Wildman–Crippen LogP) is 4.80. The van der Waals surface area contributed by atoms with E-state index in [9.17, 15) is 8.78 Å². The Kier molecular flexibility index (Phi) is 5.18. The first kappa shape index (κ1) is 19.6. The second kappa shape index (κ2) is 7.94. The number of hydrogen-bond acceptors (Lipinski definition) is 5. The van der Waals surface area contributed by atoms with Crippen molar-refractivity contribution in [2.75, 3.05) is 24.8 Å². The number of ether oxygens (including phenoxy) is 1. The standard InChI is InChI=1S/C23H20F2N4O/c1-29(13-14-3-5-17(30-2)6-4-14)23-10-22-16(12-28-23)7-15(11-27-22)18-8-21(26)20(25)9-19(18)24/h3-12H,13,26H2,1-2H3. The molecular weight excluding hydrogens is 386 g/mol. The predicted molar refractivity (Wildman–Crippen MR) is 114 cm³/mol. The molecule has 2 heterocycles. The van der Waals surface area contributed by atoms with Crippen LogP contribution in [0.4, 0.5) is 20.3 Å². The van der Waals surface area contributed by atoms with E-state index in [1.165, 1.54) is 6.07 Å². The molecule has 2 N–H and O–H groups in total. The highest BCUT2D eigenvalue weighted by Gasteiger charge is 2.12. The van der Waals surface area contributed by atoms with Crippen molar-refractivity contribution in [2.45, 2.75) is 6.54 Å². The van der Waals surface area contributed by atoms with Gasteiger partial charge in [0.2, 0.25) is 0 Å². The summed E-state index contributed by atoms with van der Waals surface area (Å²) in [6, 6.07) is 13.5. The highest BCUT2D eigenvalue weighted by Crippen LogP contribution is 2.29. The van der Waals surface area contributed by atoms with Crippen LogP contribution in [-0.4, -0.2) is 24.1 Å². The summed E-state index contributed by atoms with van der Waals surface area (Å²) in [6.07, 6.45) is 3.24. The fraction of sp³-hybridized carbons (Fsp3) is 0.130. The highest BCUT2D eigenvalue weighted by atomic mass is 19.1. The smallest absolute Gasteiger partial charge is 0.149 e. The fourth-order valence-corrected chi connectivity index (χ4v) is 3.24. The normalized spacial score (nSPS) is 10.9. The molecule has 0 aliphatic rings. The van der Waals surface area contributed by atoms with Crippen molar-refractivity contribution in [3.8, 4) is 16.9 Å². The zero-order valence-electron chi connectivity index (χ0n) is 16.6. The minimum absolute atomic E-state index is 0.111. The van der Waals surface area contributed by atoms with Gasteiger partial charge in [-0.15, -0.1) is 0 Å². The lowest BCUT2D eigenvalue weighted by Crippen LogP contribution is -2.17. The maximum absolute atomic E-state index is 14.2. The minimum atomic E-state index is -0.781. The van der Waals surface area contributed by atoms with Gasteiger partial charge in [-0.2, -0.15) is 0 Å². The highest BCUT2D eigenvalue weighted by molar-refractivity contribution is 5.85. The second-order valence-electron chi connectivity index (χ2n) is 7.02. The lowest BCUT2D eigenvalue weighted by molar-refractivity contribution is 0.414. The van der Waals surface area contributed by atoms with Gasteiger partial charge in [0, 0.05) is 54.6 Å². The van der Waals surface area contributed by atoms with Crippen LogP contribution in [0, 0.1) is 11.6 Å². The number of methoxy groups -OCH3 is 1. The number of pyridine rings is 2. The molecule has 30 heavy (non-hydrogen) atoms. The van der Waals surface area contributed by atoms with Crippen molar-refractivity contribution in [3.63, 3.8) is 0 Å². The van der Waals surface area contributed by atoms with Gasteiger partial charge in [0.25, 0.3) is 0 Å². The van der Waals surface area contributed by atoms with E-state index in [1.807, 2.05) is 42.3 Å². The van der Waals surface area contributed by atoms with Gasteiger partial charge in [-0.25, -0.2) is 13.8 Å².